The van der Waals surface area contributed by atoms with Crippen LogP contribution in [0.3, 0.4) is 0 Å². The summed E-state index contributed by atoms with van der Waals surface area (Å²) >= 11 is 7.52. The van der Waals surface area contributed by atoms with Gasteiger partial charge in [-0.15, -0.1) is 11.3 Å². The summed E-state index contributed by atoms with van der Waals surface area (Å²) in [5.74, 6) is 0.656. The van der Waals surface area contributed by atoms with Crippen LogP contribution in [0.15, 0.2) is 48.7 Å². The topological polar surface area (TPSA) is 102 Å². The minimum absolute atomic E-state index is 0.0513. The van der Waals surface area contributed by atoms with Crippen LogP contribution in [0.25, 0.3) is 0 Å². The second-order valence-electron chi connectivity index (χ2n) is 10.1. The monoisotopic (exact) mass is 584 g/mol. The van der Waals surface area contributed by atoms with Gasteiger partial charge in [-0.25, -0.2) is 0 Å². The van der Waals surface area contributed by atoms with Crippen LogP contribution in [-0.4, -0.2) is 43.2 Å². The molecule has 10 heteroatoms. The number of nitrogens with one attached hydrogen (secondary N) is 3. The highest BCUT2D eigenvalue weighted by Gasteiger charge is 2.28. The van der Waals surface area contributed by atoms with Gasteiger partial charge < -0.3 is 25.4 Å². The molecule has 2 atom stereocenters. The summed E-state index contributed by atoms with van der Waals surface area (Å²) in [4.78, 5) is 32.5. The van der Waals surface area contributed by atoms with E-state index in [1.54, 1.807) is 37.6 Å². The molecule has 2 aromatic heterocycles. The maximum Gasteiger partial charge on any atom is 0.262 e. The third-order valence-electron chi connectivity index (χ3n) is 7.05. The Bertz CT molecular complexity index is 1280. The molecular weight excluding hydrogens is 548 g/mol. The number of anilines is 2. The molecular formula is C30H37ClN4O4S. The standard InChI is InChI=1S/C30H37ClN4O4S/c1-19-25(17-22(31)18-32-19)33-20(2)27-12-13-28(40-27)30(37)35-26(16-21-6-4-5-7-21)29(36)34-23-8-10-24(11-9-23)39-15-14-38-3/h8-13,17-18,20-21,26,33H,4-7,14-16H2,1-3H3,(H,34,36)(H,35,37)/t20-,26-/m0/s1. The number of nitrogens with zero attached hydrogens (tertiary/aromatic N) is 1. The first-order valence-electron chi connectivity index (χ1n) is 13.6. The molecule has 2 heterocycles. The van der Waals surface area contributed by atoms with E-state index in [-0.39, 0.29) is 17.9 Å². The van der Waals surface area contributed by atoms with Crippen molar-refractivity contribution < 1.29 is 19.1 Å². The summed E-state index contributed by atoms with van der Waals surface area (Å²) in [6.45, 7) is 4.90. The van der Waals surface area contributed by atoms with Crippen molar-refractivity contribution in [3.63, 3.8) is 0 Å². The van der Waals surface area contributed by atoms with Crippen LogP contribution in [0.2, 0.25) is 5.02 Å². The molecule has 0 radical (unpaired) electrons. The number of carbonyl (C=O) groups excluding carboxylic acids is 2. The zero-order valence-corrected chi connectivity index (χ0v) is 24.7. The minimum atomic E-state index is -0.630. The third-order valence-corrected chi connectivity index (χ3v) is 8.52. The maximum absolute atomic E-state index is 13.3. The normalized spacial score (nSPS) is 14.9. The van der Waals surface area contributed by atoms with Gasteiger partial charge in [-0.3, -0.25) is 14.6 Å². The minimum Gasteiger partial charge on any atom is -0.491 e. The van der Waals surface area contributed by atoms with Gasteiger partial charge in [0.25, 0.3) is 5.91 Å². The SMILES string of the molecule is COCCOc1ccc(NC(=O)[C@H](CC2CCCC2)NC(=O)c2ccc([C@H](C)Nc3cc(Cl)cnc3C)s2)cc1. The number of ether oxygens (including phenoxy) is 2. The molecule has 1 aliphatic rings. The Balaban J connectivity index is 1.40. The van der Waals surface area contributed by atoms with Gasteiger partial charge in [0.1, 0.15) is 18.4 Å². The fraction of sp³-hybridized carbons (Fsp3) is 0.433. The van der Waals surface area contributed by atoms with Gasteiger partial charge in [-0.05, 0) is 68.7 Å². The average Bonchev–Trinajstić information content (AvgIpc) is 3.64. The highest BCUT2D eigenvalue weighted by Crippen LogP contribution is 2.31. The molecule has 0 aliphatic heterocycles. The van der Waals surface area contributed by atoms with Gasteiger partial charge in [0.05, 0.1) is 33.9 Å². The van der Waals surface area contributed by atoms with E-state index in [0.717, 1.165) is 41.9 Å². The fourth-order valence-corrected chi connectivity index (χ4v) is 5.88. The van der Waals surface area contributed by atoms with E-state index in [2.05, 4.69) is 20.9 Å². The van der Waals surface area contributed by atoms with Crippen molar-refractivity contribution in [1.82, 2.24) is 10.3 Å². The van der Waals surface area contributed by atoms with E-state index in [0.29, 0.717) is 46.9 Å². The molecule has 3 N–H and O–H groups in total. The van der Waals surface area contributed by atoms with Crippen LogP contribution in [0.1, 0.15) is 65.3 Å². The van der Waals surface area contributed by atoms with Crippen LogP contribution in [-0.2, 0) is 9.53 Å². The summed E-state index contributed by atoms with van der Waals surface area (Å²) in [6.07, 6.45) is 6.73. The number of pyridine rings is 1. The quantitative estimate of drug-likeness (QED) is 0.195. The number of aromatic nitrogens is 1. The molecule has 0 unspecified atom stereocenters. The van der Waals surface area contributed by atoms with Gasteiger partial charge >= 0.3 is 0 Å². The highest BCUT2D eigenvalue weighted by atomic mass is 35.5. The highest BCUT2D eigenvalue weighted by molar-refractivity contribution is 7.14. The Morgan fingerprint density at radius 3 is 2.60 bits per heavy atom. The summed E-state index contributed by atoms with van der Waals surface area (Å²) in [7, 11) is 1.62. The van der Waals surface area contributed by atoms with Gasteiger partial charge in [0.15, 0.2) is 0 Å². The van der Waals surface area contributed by atoms with E-state index >= 15 is 0 Å². The molecule has 2 amide bonds. The maximum atomic E-state index is 13.3. The largest absolute Gasteiger partial charge is 0.491 e. The van der Waals surface area contributed by atoms with E-state index in [9.17, 15) is 9.59 Å². The lowest BCUT2D eigenvalue weighted by atomic mass is 9.97. The first-order chi connectivity index (χ1) is 19.3. The van der Waals surface area contributed by atoms with Crippen molar-refractivity contribution >= 4 is 46.1 Å². The molecule has 1 aromatic carbocycles. The molecule has 4 rings (SSSR count). The summed E-state index contributed by atoms with van der Waals surface area (Å²) < 4.78 is 10.6. The van der Waals surface area contributed by atoms with Crippen LogP contribution in [0.5, 0.6) is 5.75 Å². The van der Waals surface area contributed by atoms with Crippen molar-refractivity contribution in [2.75, 3.05) is 31.0 Å². The Labute approximate surface area is 244 Å². The van der Waals surface area contributed by atoms with Gasteiger partial charge in [0, 0.05) is 23.9 Å². The van der Waals surface area contributed by atoms with Crippen molar-refractivity contribution in [1.29, 1.82) is 0 Å². The number of hydrogen-bond donors (Lipinski definition) is 3. The molecule has 0 spiro atoms. The smallest absolute Gasteiger partial charge is 0.262 e. The molecule has 1 saturated carbocycles. The van der Waals surface area contributed by atoms with Crippen molar-refractivity contribution in [2.24, 2.45) is 5.92 Å². The fourth-order valence-electron chi connectivity index (χ4n) is 4.81. The summed E-state index contributed by atoms with van der Waals surface area (Å²) in [6, 6.07) is 12.1. The lowest BCUT2D eigenvalue weighted by Gasteiger charge is -2.21. The van der Waals surface area contributed by atoms with Crippen molar-refractivity contribution in [3.8, 4) is 5.75 Å². The van der Waals surface area contributed by atoms with Gasteiger partial charge in [-0.1, -0.05) is 37.3 Å². The Kier molecular flexibility index (Phi) is 10.8. The molecule has 3 aromatic rings. The van der Waals surface area contributed by atoms with Crippen LogP contribution in [0, 0.1) is 12.8 Å². The zero-order chi connectivity index (χ0) is 28.5. The second-order valence-corrected chi connectivity index (χ2v) is 11.7. The number of amides is 2. The second kappa shape index (κ2) is 14.5. The van der Waals surface area contributed by atoms with E-state index in [4.69, 9.17) is 21.1 Å². The lowest BCUT2D eigenvalue weighted by Crippen LogP contribution is -2.44. The molecule has 214 valence electrons. The first-order valence-corrected chi connectivity index (χ1v) is 14.8. The number of methoxy groups -OCH3 is 1. The number of hydrogen-bond acceptors (Lipinski definition) is 7. The predicted molar refractivity (Wildman–Crippen MR) is 161 cm³/mol. The number of halogens is 1. The molecule has 8 nitrogen and oxygen atoms in total. The predicted octanol–water partition coefficient (Wildman–Crippen LogP) is 6.62. The average molecular weight is 585 g/mol. The summed E-state index contributed by atoms with van der Waals surface area (Å²) in [5.41, 5.74) is 2.35. The Morgan fingerprint density at radius 1 is 1.12 bits per heavy atom. The first kappa shape index (κ1) is 29.8. The number of rotatable bonds is 13. The van der Waals surface area contributed by atoms with E-state index in [1.807, 2.05) is 32.0 Å². The zero-order valence-electron chi connectivity index (χ0n) is 23.2. The number of benzene rings is 1. The number of carbonyl (C=O) groups is 2. The lowest BCUT2D eigenvalue weighted by molar-refractivity contribution is -0.118. The molecule has 1 aliphatic carbocycles. The number of thiophene rings is 1. The molecule has 0 bridgehead atoms. The van der Waals surface area contributed by atoms with Gasteiger partial charge in [-0.2, -0.15) is 0 Å². The van der Waals surface area contributed by atoms with Crippen molar-refractivity contribution in [3.05, 3.63) is 69.1 Å². The van der Waals surface area contributed by atoms with Crippen LogP contribution >= 0.6 is 22.9 Å². The summed E-state index contributed by atoms with van der Waals surface area (Å²) in [5, 5.41) is 9.97. The van der Waals surface area contributed by atoms with E-state index in [1.165, 1.54) is 11.3 Å². The number of aryl methyl sites for hydroxylation is 1. The van der Waals surface area contributed by atoms with Gasteiger partial charge in [0.2, 0.25) is 5.91 Å². The molecule has 40 heavy (non-hydrogen) atoms. The van der Waals surface area contributed by atoms with E-state index < -0.39 is 6.04 Å². The van der Waals surface area contributed by atoms with Crippen molar-refractivity contribution in [2.45, 2.75) is 58.0 Å². The molecule has 0 saturated heterocycles. The van der Waals surface area contributed by atoms with Crippen LogP contribution in [0.4, 0.5) is 11.4 Å². The van der Waals surface area contributed by atoms with Crippen LogP contribution < -0.4 is 20.7 Å². The Hall–Kier alpha value is -3.14. The third kappa shape index (κ3) is 8.43. The Morgan fingerprint density at radius 2 is 1.88 bits per heavy atom. The molecule has 1 fully saturated rings.